The van der Waals surface area contributed by atoms with Gasteiger partial charge in [0, 0.05) is 20.0 Å². The Balaban J connectivity index is 1.54. The predicted octanol–water partition coefficient (Wildman–Crippen LogP) is 3.59. The van der Waals surface area contributed by atoms with Crippen LogP contribution in [0.1, 0.15) is 33.2 Å². The Kier molecular flexibility index (Phi) is 6.49. The average molecular weight is 395 g/mol. The number of hydrogen-bond acceptors (Lipinski definition) is 6. The summed E-state index contributed by atoms with van der Waals surface area (Å²) in [4.78, 5) is 18.6. The fourth-order valence-corrected chi connectivity index (χ4v) is 3.01. The van der Waals surface area contributed by atoms with Crippen molar-refractivity contribution >= 4 is 5.91 Å². The lowest BCUT2D eigenvalue weighted by Gasteiger charge is -2.17. The molecule has 0 N–H and O–H groups in total. The van der Waals surface area contributed by atoms with Gasteiger partial charge in [0.15, 0.2) is 12.4 Å². The number of benzene rings is 2. The normalized spacial score (nSPS) is 10.6. The van der Waals surface area contributed by atoms with Crippen LogP contribution in [-0.4, -0.2) is 41.6 Å². The largest absolute Gasteiger partial charge is 0.496 e. The standard InChI is InChI=1S/C22H25N3O4/c1-15-11-16(2)13-17(12-15)28-14-21-23-20(24-29-21)9-10-25(3)22(26)18-7-5-6-8-19(18)27-4/h5-8,11-13H,9-10,14H2,1-4H3. The van der Waals surface area contributed by atoms with Gasteiger partial charge in [-0.15, -0.1) is 0 Å². The van der Waals surface area contributed by atoms with Gasteiger partial charge in [-0.1, -0.05) is 23.4 Å². The first-order valence-corrected chi connectivity index (χ1v) is 9.37. The number of amides is 1. The van der Waals surface area contributed by atoms with Gasteiger partial charge in [0.25, 0.3) is 11.8 Å². The molecule has 1 amide bonds. The zero-order valence-corrected chi connectivity index (χ0v) is 17.1. The molecule has 0 saturated carbocycles. The van der Waals surface area contributed by atoms with Crippen LogP contribution in [0.25, 0.3) is 0 Å². The third-order valence-corrected chi connectivity index (χ3v) is 4.42. The maximum Gasteiger partial charge on any atom is 0.264 e. The van der Waals surface area contributed by atoms with Gasteiger partial charge in [-0.2, -0.15) is 4.98 Å². The number of nitrogens with zero attached hydrogens (tertiary/aromatic N) is 3. The zero-order valence-electron chi connectivity index (χ0n) is 17.1. The van der Waals surface area contributed by atoms with Crippen molar-refractivity contribution in [3.05, 3.63) is 70.9 Å². The molecule has 29 heavy (non-hydrogen) atoms. The molecule has 1 heterocycles. The topological polar surface area (TPSA) is 77.7 Å². The van der Waals surface area contributed by atoms with Crippen LogP contribution in [0.5, 0.6) is 11.5 Å². The summed E-state index contributed by atoms with van der Waals surface area (Å²) in [5.41, 5.74) is 2.79. The monoisotopic (exact) mass is 395 g/mol. The summed E-state index contributed by atoms with van der Waals surface area (Å²) >= 11 is 0. The molecule has 0 spiro atoms. The van der Waals surface area contributed by atoms with Crippen molar-refractivity contribution in [1.82, 2.24) is 15.0 Å². The molecule has 3 rings (SSSR count). The Bertz CT molecular complexity index is 963. The summed E-state index contributed by atoms with van der Waals surface area (Å²) in [5, 5.41) is 3.97. The van der Waals surface area contributed by atoms with E-state index in [2.05, 4.69) is 16.2 Å². The van der Waals surface area contributed by atoms with E-state index in [1.165, 1.54) is 0 Å². The molecule has 0 aliphatic rings. The van der Waals surface area contributed by atoms with E-state index in [9.17, 15) is 4.79 Å². The number of likely N-dealkylation sites (N-methyl/N-ethyl adjacent to an activating group) is 1. The second-order valence-corrected chi connectivity index (χ2v) is 6.89. The molecule has 0 fully saturated rings. The van der Waals surface area contributed by atoms with Gasteiger partial charge in [-0.05, 0) is 49.2 Å². The van der Waals surface area contributed by atoms with Crippen LogP contribution in [0.3, 0.4) is 0 Å². The van der Waals surface area contributed by atoms with Crippen LogP contribution in [0.2, 0.25) is 0 Å². The minimum absolute atomic E-state index is 0.121. The number of methoxy groups -OCH3 is 1. The highest BCUT2D eigenvalue weighted by molar-refractivity contribution is 5.96. The van der Waals surface area contributed by atoms with Crippen LogP contribution in [0, 0.1) is 13.8 Å². The highest BCUT2D eigenvalue weighted by atomic mass is 16.5. The molecule has 152 valence electrons. The fourth-order valence-electron chi connectivity index (χ4n) is 3.01. The summed E-state index contributed by atoms with van der Waals surface area (Å²) < 4.78 is 16.3. The maximum absolute atomic E-state index is 12.6. The lowest BCUT2D eigenvalue weighted by Crippen LogP contribution is -2.29. The van der Waals surface area contributed by atoms with Crippen molar-refractivity contribution in [3.8, 4) is 11.5 Å². The second kappa shape index (κ2) is 9.23. The molecule has 2 aromatic carbocycles. The van der Waals surface area contributed by atoms with E-state index in [0.29, 0.717) is 36.0 Å². The van der Waals surface area contributed by atoms with E-state index in [4.69, 9.17) is 14.0 Å². The Morgan fingerprint density at radius 3 is 2.59 bits per heavy atom. The average Bonchev–Trinajstić information content (AvgIpc) is 3.17. The number of ether oxygens (including phenoxy) is 2. The number of rotatable bonds is 8. The SMILES string of the molecule is COc1ccccc1C(=O)N(C)CCc1noc(COc2cc(C)cc(C)c2)n1. The van der Waals surface area contributed by atoms with Crippen molar-refractivity contribution in [3.63, 3.8) is 0 Å². The molecule has 0 aliphatic heterocycles. The Morgan fingerprint density at radius 2 is 1.86 bits per heavy atom. The van der Waals surface area contributed by atoms with Gasteiger partial charge >= 0.3 is 0 Å². The fraction of sp³-hybridized carbons (Fsp3) is 0.318. The number of carbonyl (C=O) groups excluding carboxylic acids is 1. The number of para-hydroxylation sites is 1. The summed E-state index contributed by atoms with van der Waals surface area (Å²) in [5.74, 6) is 2.13. The number of carbonyl (C=O) groups is 1. The maximum atomic E-state index is 12.6. The smallest absolute Gasteiger partial charge is 0.264 e. The highest BCUT2D eigenvalue weighted by Gasteiger charge is 2.17. The molecular weight excluding hydrogens is 370 g/mol. The van der Waals surface area contributed by atoms with Crippen LogP contribution >= 0.6 is 0 Å². The molecule has 7 heteroatoms. The van der Waals surface area contributed by atoms with E-state index >= 15 is 0 Å². The van der Waals surface area contributed by atoms with E-state index in [0.717, 1.165) is 16.9 Å². The minimum atomic E-state index is -0.121. The summed E-state index contributed by atoms with van der Waals surface area (Å²) in [6.07, 6.45) is 0.477. The quantitative estimate of drug-likeness (QED) is 0.580. The van der Waals surface area contributed by atoms with Crippen molar-refractivity contribution in [2.45, 2.75) is 26.9 Å². The van der Waals surface area contributed by atoms with E-state index < -0.39 is 0 Å². The number of aromatic nitrogens is 2. The van der Waals surface area contributed by atoms with E-state index in [1.54, 1.807) is 31.2 Å². The molecule has 7 nitrogen and oxygen atoms in total. The zero-order chi connectivity index (χ0) is 20.8. The van der Waals surface area contributed by atoms with Gasteiger partial charge in [-0.3, -0.25) is 4.79 Å². The van der Waals surface area contributed by atoms with Gasteiger partial charge in [0.05, 0.1) is 12.7 Å². The van der Waals surface area contributed by atoms with Gasteiger partial charge in [0.1, 0.15) is 11.5 Å². The molecular formula is C22H25N3O4. The third kappa shape index (κ3) is 5.34. The lowest BCUT2D eigenvalue weighted by atomic mass is 10.1. The first kappa shape index (κ1) is 20.4. The third-order valence-electron chi connectivity index (χ3n) is 4.42. The van der Waals surface area contributed by atoms with Crippen LogP contribution in [0.4, 0.5) is 0 Å². The second-order valence-electron chi connectivity index (χ2n) is 6.89. The first-order valence-electron chi connectivity index (χ1n) is 9.37. The van der Waals surface area contributed by atoms with E-state index in [1.807, 2.05) is 38.1 Å². The van der Waals surface area contributed by atoms with Crippen LogP contribution in [-0.2, 0) is 13.0 Å². The van der Waals surface area contributed by atoms with Crippen molar-refractivity contribution in [2.75, 3.05) is 20.7 Å². The van der Waals surface area contributed by atoms with Gasteiger partial charge in [-0.25, -0.2) is 0 Å². The number of hydrogen-bond donors (Lipinski definition) is 0. The Morgan fingerprint density at radius 1 is 1.14 bits per heavy atom. The predicted molar refractivity (Wildman–Crippen MR) is 108 cm³/mol. The molecule has 3 aromatic rings. The van der Waals surface area contributed by atoms with E-state index in [-0.39, 0.29) is 12.5 Å². The summed E-state index contributed by atoms with van der Waals surface area (Å²) in [7, 11) is 3.28. The van der Waals surface area contributed by atoms with Crippen LogP contribution in [0.15, 0.2) is 47.0 Å². The van der Waals surface area contributed by atoms with Gasteiger partial charge < -0.3 is 18.9 Å². The van der Waals surface area contributed by atoms with Crippen molar-refractivity contribution in [2.24, 2.45) is 0 Å². The summed E-state index contributed by atoms with van der Waals surface area (Å²) in [6, 6.07) is 13.2. The molecule has 1 aromatic heterocycles. The van der Waals surface area contributed by atoms with Crippen LogP contribution < -0.4 is 9.47 Å². The molecule has 0 bridgehead atoms. The highest BCUT2D eigenvalue weighted by Crippen LogP contribution is 2.19. The Labute approximate surface area is 170 Å². The number of aryl methyl sites for hydroxylation is 2. The molecule has 0 aliphatic carbocycles. The Hall–Kier alpha value is -3.35. The molecule has 0 atom stereocenters. The lowest BCUT2D eigenvalue weighted by molar-refractivity contribution is 0.0792. The van der Waals surface area contributed by atoms with Crippen molar-refractivity contribution in [1.29, 1.82) is 0 Å². The van der Waals surface area contributed by atoms with Crippen molar-refractivity contribution < 1.29 is 18.8 Å². The molecule has 0 saturated heterocycles. The minimum Gasteiger partial charge on any atom is -0.496 e. The van der Waals surface area contributed by atoms with Gasteiger partial charge in [0.2, 0.25) is 0 Å². The molecule has 0 unspecified atom stereocenters. The molecule has 0 radical (unpaired) electrons. The summed E-state index contributed by atoms with van der Waals surface area (Å²) in [6.45, 7) is 4.70. The first-order chi connectivity index (χ1) is 14.0.